The summed E-state index contributed by atoms with van der Waals surface area (Å²) in [5, 5.41) is 33.8. The van der Waals surface area contributed by atoms with Crippen LogP contribution in [0.1, 0.15) is 32.6 Å². The molecule has 0 fully saturated rings. The first-order chi connectivity index (χ1) is 14.8. The van der Waals surface area contributed by atoms with Gasteiger partial charge in [-0.3, -0.25) is 14.2 Å². The van der Waals surface area contributed by atoms with Crippen LogP contribution in [0, 0.1) is 18.3 Å². The van der Waals surface area contributed by atoms with Crippen LogP contribution in [0.15, 0.2) is 62.9 Å². The Hall–Kier alpha value is -3.90. The molecule has 3 N–H and O–H groups in total. The van der Waals surface area contributed by atoms with E-state index >= 15 is 0 Å². The number of nitrogens with one attached hydrogen (secondary N) is 1. The zero-order valence-corrected chi connectivity index (χ0v) is 17.9. The maximum absolute atomic E-state index is 12.7. The van der Waals surface area contributed by atoms with Crippen molar-refractivity contribution in [1.29, 1.82) is 5.26 Å². The van der Waals surface area contributed by atoms with Crippen molar-refractivity contribution in [2.45, 2.75) is 13.5 Å². The number of phenolic OH excluding ortho intramolecular Hbond substituents is 1. The fourth-order valence-electron chi connectivity index (χ4n) is 2.94. The summed E-state index contributed by atoms with van der Waals surface area (Å²) in [6, 6.07) is 15.2. The first-order valence-electron chi connectivity index (χ1n) is 9.05. The maximum atomic E-state index is 12.7. The van der Waals surface area contributed by atoms with E-state index in [9.17, 15) is 25.1 Å². The Morgan fingerprint density at radius 3 is 2.65 bits per heavy atom. The molecule has 0 spiro atoms. The predicted molar refractivity (Wildman–Crippen MR) is 118 cm³/mol. The van der Waals surface area contributed by atoms with Gasteiger partial charge in [-0.2, -0.15) is 10.4 Å². The molecular formula is C22H17BrN4O4. The molecule has 3 rings (SSSR count). The molecule has 156 valence electrons. The van der Waals surface area contributed by atoms with E-state index in [4.69, 9.17) is 0 Å². The van der Waals surface area contributed by atoms with E-state index < -0.39 is 11.5 Å². The highest BCUT2D eigenvalue weighted by Crippen LogP contribution is 2.22. The number of benzene rings is 2. The predicted octanol–water partition coefficient (Wildman–Crippen LogP) is 3.01. The first-order valence-corrected chi connectivity index (χ1v) is 9.85. The van der Waals surface area contributed by atoms with Crippen molar-refractivity contribution in [3.05, 3.63) is 91.2 Å². The Kier molecular flexibility index (Phi) is 6.52. The number of rotatable bonds is 5. The molecule has 0 aliphatic heterocycles. The molecule has 0 radical (unpaired) electrons. The van der Waals surface area contributed by atoms with Gasteiger partial charge in [0.25, 0.3) is 11.5 Å². The summed E-state index contributed by atoms with van der Waals surface area (Å²) < 4.78 is 1.67. The summed E-state index contributed by atoms with van der Waals surface area (Å²) >= 11 is 3.22. The lowest BCUT2D eigenvalue weighted by molar-refractivity contribution is 0.0952. The minimum atomic E-state index is -0.676. The van der Waals surface area contributed by atoms with Crippen LogP contribution in [-0.2, 0) is 6.54 Å². The maximum Gasteiger partial charge on any atom is 0.275 e. The Labute approximate surface area is 185 Å². The molecule has 0 bridgehead atoms. The van der Waals surface area contributed by atoms with Crippen molar-refractivity contribution in [3.8, 4) is 17.7 Å². The van der Waals surface area contributed by atoms with Gasteiger partial charge in [-0.1, -0.05) is 46.3 Å². The Bertz CT molecular complexity index is 1280. The van der Waals surface area contributed by atoms with Crippen molar-refractivity contribution in [2.24, 2.45) is 5.10 Å². The van der Waals surface area contributed by atoms with Gasteiger partial charge in [0.2, 0.25) is 5.88 Å². The molecule has 2 aromatic carbocycles. The molecule has 0 saturated carbocycles. The van der Waals surface area contributed by atoms with Crippen LogP contribution in [0.25, 0.3) is 0 Å². The van der Waals surface area contributed by atoms with E-state index in [1.807, 2.05) is 12.1 Å². The topological polar surface area (TPSA) is 128 Å². The molecule has 1 aromatic heterocycles. The second kappa shape index (κ2) is 9.28. The highest BCUT2D eigenvalue weighted by atomic mass is 79.9. The second-order valence-corrected chi connectivity index (χ2v) is 7.50. The third-order valence-corrected chi connectivity index (χ3v) is 5.09. The van der Waals surface area contributed by atoms with E-state index in [1.54, 1.807) is 30.3 Å². The number of aromatic hydroxyl groups is 2. The third-order valence-electron chi connectivity index (χ3n) is 4.59. The van der Waals surface area contributed by atoms with Crippen molar-refractivity contribution in [3.63, 3.8) is 0 Å². The number of amides is 1. The average Bonchev–Trinajstić information content (AvgIpc) is 2.76. The smallest absolute Gasteiger partial charge is 0.275 e. The molecule has 8 nitrogen and oxygen atoms in total. The molecule has 9 heteroatoms. The van der Waals surface area contributed by atoms with Crippen LogP contribution in [0.5, 0.6) is 11.6 Å². The molecule has 0 aliphatic rings. The second-order valence-electron chi connectivity index (χ2n) is 6.59. The van der Waals surface area contributed by atoms with Gasteiger partial charge in [-0.15, -0.1) is 0 Å². The van der Waals surface area contributed by atoms with Crippen molar-refractivity contribution < 1.29 is 15.0 Å². The summed E-state index contributed by atoms with van der Waals surface area (Å²) in [6.45, 7) is 1.56. The SMILES string of the molecule is Cc1c(C=NNC(=O)c2cc(Br)ccc2O)c(O)n(Cc2ccccc2)c(=O)c1C#N. The van der Waals surface area contributed by atoms with E-state index in [-0.39, 0.29) is 40.4 Å². The van der Waals surface area contributed by atoms with Crippen LogP contribution in [-0.4, -0.2) is 26.9 Å². The first kappa shape index (κ1) is 21.8. The van der Waals surface area contributed by atoms with Gasteiger partial charge in [0.1, 0.15) is 17.4 Å². The number of hydrazone groups is 1. The summed E-state index contributed by atoms with van der Waals surface area (Å²) in [5.74, 6) is -1.28. The lowest BCUT2D eigenvalue weighted by atomic mass is 10.1. The quantitative estimate of drug-likeness (QED) is 0.381. The van der Waals surface area contributed by atoms with E-state index in [1.165, 1.54) is 19.1 Å². The molecule has 1 amide bonds. The van der Waals surface area contributed by atoms with E-state index in [0.717, 1.165) is 16.3 Å². The molecule has 0 atom stereocenters. The normalized spacial score (nSPS) is 10.7. The van der Waals surface area contributed by atoms with Gasteiger partial charge >= 0.3 is 0 Å². The number of nitrogens with zero attached hydrogens (tertiary/aromatic N) is 3. The van der Waals surface area contributed by atoms with Crippen LogP contribution in [0.2, 0.25) is 0 Å². The lowest BCUT2D eigenvalue weighted by Crippen LogP contribution is -2.26. The molecule has 0 saturated heterocycles. The Balaban J connectivity index is 1.96. The number of hydrogen-bond acceptors (Lipinski definition) is 6. The highest BCUT2D eigenvalue weighted by molar-refractivity contribution is 9.10. The van der Waals surface area contributed by atoms with E-state index in [0.29, 0.717) is 4.47 Å². The number of phenols is 1. The fourth-order valence-corrected chi connectivity index (χ4v) is 3.31. The van der Waals surface area contributed by atoms with Crippen molar-refractivity contribution in [2.75, 3.05) is 0 Å². The summed E-state index contributed by atoms with van der Waals surface area (Å²) in [7, 11) is 0. The van der Waals surface area contributed by atoms with Gasteiger partial charge in [0, 0.05) is 4.47 Å². The molecule has 31 heavy (non-hydrogen) atoms. The van der Waals surface area contributed by atoms with Gasteiger partial charge in [-0.05, 0) is 36.2 Å². The number of aromatic nitrogens is 1. The number of hydrogen-bond donors (Lipinski definition) is 3. The highest BCUT2D eigenvalue weighted by Gasteiger charge is 2.18. The largest absolute Gasteiger partial charge is 0.507 e. The fraction of sp³-hybridized carbons (Fsp3) is 0.0909. The van der Waals surface area contributed by atoms with E-state index in [2.05, 4.69) is 26.5 Å². The van der Waals surface area contributed by atoms with Crippen molar-refractivity contribution in [1.82, 2.24) is 9.99 Å². The molecule has 0 aliphatic carbocycles. The minimum absolute atomic E-state index is 0.000712. The van der Waals surface area contributed by atoms with Gasteiger partial charge in [-0.25, -0.2) is 5.43 Å². The van der Waals surface area contributed by atoms with Crippen LogP contribution in [0.3, 0.4) is 0 Å². The van der Waals surface area contributed by atoms with Crippen LogP contribution < -0.4 is 11.0 Å². The molecule has 3 aromatic rings. The number of halogens is 1. The number of carbonyl (C=O) groups is 1. The lowest BCUT2D eigenvalue weighted by Gasteiger charge is -2.14. The molecular weight excluding hydrogens is 464 g/mol. The zero-order valence-electron chi connectivity index (χ0n) is 16.3. The minimum Gasteiger partial charge on any atom is -0.507 e. The summed E-state index contributed by atoms with van der Waals surface area (Å²) in [5.41, 5.74) is 2.61. The number of nitriles is 1. The van der Waals surface area contributed by atoms with Gasteiger partial charge in [0.05, 0.1) is 23.9 Å². The monoisotopic (exact) mass is 480 g/mol. The number of pyridine rings is 1. The van der Waals surface area contributed by atoms with Crippen molar-refractivity contribution >= 4 is 28.1 Å². The van der Waals surface area contributed by atoms with Crippen LogP contribution >= 0.6 is 15.9 Å². The Morgan fingerprint density at radius 2 is 1.97 bits per heavy atom. The average molecular weight is 481 g/mol. The number of carbonyl (C=O) groups excluding carboxylic acids is 1. The molecule has 1 heterocycles. The van der Waals surface area contributed by atoms with Gasteiger partial charge in [0.15, 0.2) is 0 Å². The van der Waals surface area contributed by atoms with Gasteiger partial charge < -0.3 is 10.2 Å². The summed E-state index contributed by atoms with van der Waals surface area (Å²) in [4.78, 5) is 25.0. The summed E-state index contributed by atoms with van der Waals surface area (Å²) in [6.07, 6.45) is 1.15. The molecule has 0 unspecified atom stereocenters. The Morgan fingerprint density at radius 1 is 1.26 bits per heavy atom. The standard InChI is InChI=1S/C22H17BrN4O4/c1-13-17(10-24)21(30)27(12-14-5-3-2-4-6-14)22(31)18(13)11-25-26-20(29)16-9-15(23)7-8-19(16)28/h2-9,11,28,31H,12H2,1H3,(H,26,29). The zero-order chi connectivity index (χ0) is 22.5. The third kappa shape index (κ3) is 4.65. The van der Waals surface area contributed by atoms with Crippen LogP contribution in [0.4, 0.5) is 0 Å².